The molecular weight excluding hydrogens is 186 g/mol. The van der Waals surface area contributed by atoms with Gasteiger partial charge in [-0.3, -0.25) is 4.90 Å². The van der Waals surface area contributed by atoms with Crippen LogP contribution in [0.1, 0.15) is 48.5 Å². The summed E-state index contributed by atoms with van der Waals surface area (Å²) in [6.07, 6.45) is 0.359. The van der Waals surface area contributed by atoms with Gasteiger partial charge in [-0.05, 0) is 32.6 Å². The summed E-state index contributed by atoms with van der Waals surface area (Å²) in [5.74, 6) is 1.06. The summed E-state index contributed by atoms with van der Waals surface area (Å²) < 4.78 is 6.27. The minimum absolute atomic E-state index is 0.0619. The van der Waals surface area contributed by atoms with E-state index in [9.17, 15) is 0 Å². The van der Waals surface area contributed by atoms with Gasteiger partial charge in [0, 0.05) is 12.6 Å². The third-order valence-corrected chi connectivity index (χ3v) is 3.57. The van der Waals surface area contributed by atoms with Crippen LogP contribution < -0.4 is 0 Å². The minimum atomic E-state index is -0.0619. The fourth-order valence-corrected chi connectivity index (χ4v) is 3.06. The second-order valence-corrected chi connectivity index (χ2v) is 5.74. The second-order valence-electron chi connectivity index (χ2n) is 5.74. The number of nitrogens with zero attached hydrogens (tertiary/aromatic N) is 1. The Bertz CT molecular complexity index is 203. The van der Waals surface area contributed by atoms with Gasteiger partial charge in [0.25, 0.3) is 0 Å². The van der Waals surface area contributed by atoms with E-state index in [1.54, 1.807) is 0 Å². The Kier molecular flexibility index (Phi) is 3.83. The van der Waals surface area contributed by atoms with Crippen molar-refractivity contribution in [3.8, 4) is 0 Å². The van der Waals surface area contributed by atoms with Gasteiger partial charge in [0.05, 0.1) is 6.10 Å². The maximum atomic E-state index is 6.27. The van der Waals surface area contributed by atoms with Crippen LogP contribution in [-0.4, -0.2) is 29.3 Å². The Morgan fingerprint density at radius 2 is 1.53 bits per heavy atom. The molecule has 2 nitrogen and oxygen atoms in total. The first-order valence-corrected chi connectivity index (χ1v) is 6.26. The van der Waals surface area contributed by atoms with Crippen molar-refractivity contribution in [1.82, 2.24) is 4.90 Å². The van der Waals surface area contributed by atoms with Crippen LogP contribution in [0.2, 0.25) is 0 Å². The number of rotatable bonds is 3. The van der Waals surface area contributed by atoms with E-state index in [2.05, 4.69) is 53.4 Å². The smallest absolute Gasteiger partial charge is 0.127 e. The maximum Gasteiger partial charge on any atom is 0.127 e. The van der Waals surface area contributed by atoms with E-state index in [4.69, 9.17) is 4.74 Å². The highest BCUT2D eigenvalue weighted by Crippen LogP contribution is 2.41. The zero-order valence-corrected chi connectivity index (χ0v) is 11.4. The second kappa shape index (κ2) is 4.42. The molecule has 0 aromatic rings. The first-order chi connectivity index (χ1) is 6.82. The fraction of sp³-hybridized carbons (Fsp3) is 1.00. The SMILES string of the molecule is CC(C)N1C[C@@H](C)OC1(C(C)C)C(C)C. The predicted octanol–water partition coefficient (Wildman–Crippen LogP) is 3.12. The zero-order chi connectivity index (χ0) is 11.8. The molecule has 0 unspecified atom stereocenters. The van der Waals surface area contributed by atoms with Crippen LogP contribution in [0.4, 0.5) is 0 Å². The average Bonchev–Trinajstić information content (AvgIpc) is 2.43. The van der Waals surface area contributed by atoms with Gasteiger partial charge in [-0.2, -0.15) is 0 Å². The normalized spacial score (nSPS) is 27.2. The number of hydrogen-bond acceptors (Lipinski definition) is 2. The van der Waals surface area contributed by atoms with Gasteiger partial charge in [-0.15, -0.1) is 0 Å². The van der Waals surface area contributed by atoms with Gasteiger partial charge in [0.15, 0.2) is 0 Å². The molecule has 0 bridgehead atoms. The topological polar surface area (TPSA) is 12.5 Å². The Labute approximate surface area is 95.0 Å². The monoisotopic (exact) mass is 213 g/mol. The van der Waals surface area contributed by atoms with Crippen molar-refractivity contribution in [2.45, 2.75) is 66.3 Å². The summed E-state index contributed by atoms with van der Waals surface area (Å²) in [6, 6.07) is 0.555. The van der Waals surface area contributed by atoms with E-state index in [0.717, 1.165) is 6.54 Å². The van der Waals surface area contributed by atoms with Crippen LogP contribution >= 0.6 is 0 Å². The lowest BCUT2D eigenvalue weighted by Crippen LogP contribution is -2.55. The van der Waals surface area contributed by atoms with Crippen LogP contribution in [0.15, 0.2) is 0 Å². The third-order valence-electron chi connectivity index (χ3n) is 3.57. The molecule has 2 heteroatoms. The van der Waals surface area contributed by atoms with Crippen LogP contribution in [-0.2, 0) is 4.74 Å². The summed E-state index contributed by atoms with van der Waals surface area (Å²) in [4.78, 5) is 2.53. The standard InChI is InChI=1S/C13H27NO/c1-9(2)13(10(3)4)14(11(5)6)8-12(7)15-13/h9-12H,8H2,1-7H3/t12-/m1/s1. The largest absolute Gasteiger partial charge is 0.356 e. The molecule has 1 aliphatic heterocycles. The van der Waals surface area contributed by atoms with Crippen molar-refractivity contribution in [3.05, 3.63) is 0 Å². The molecule has 0 aliphatic carbocycles. The van der Waals surface area contributed by atoms with Crippen LogP contribution in [0.3, 0.4) is 0 Å². The van der Waals surface area contributed by atoms with E-state index in [0.29, 0.717) is 24.0 Å². The lowest BCUT2D eigenvalue weighted by atomic mass is 9.86. The lowest BCUT2D eigenvalue weighted by Gasteiger charge is -2.45. The highest BCUT2D eigenvalue weighted by molar-refractivity contribution is 4.95. The Hall–Kier alpha value is -0.0800. The van der Waals surface area contributed by atoms with Crippen molar-refractivity contribution in [1.29, 1.82) is 0 Å². The first kappa shape index (κ1) is 13.0. The van der Waals surface area contributed by atoms with Crippen LogP contribution in [0, 0.1) is 11.8 Å². The minimum Gasteiger partial charge on any atom is -0.356 e. The lowest BCUT2D eigenvalue weighted by molar-refractivity contribution is -0.171. The molecule has 1 atom stereocenters. The maximum absolute atomic E-state index is 6.27. The van der Waals surface area contributed by atoms with Crippen molar-refractivity contribution in [2.24, 2.45) is 11.8 Å². The molecule has 1 aliphatic rings. The molecule has 1 rings (SSSR count). The summed E-state index contributed by atoms with van der Waals surface area (Å²) in [7, 11) is 0. The first-order valence-electron chi connectivity index (χ1n) is 6.26. The van der Waals surface area contributed by atoms with E-state index in [1.807, 2.05) is 0 Å². The van der Waals surface area contributed by atoms with E-state index >= 15 is 0 Å². The highest BCUT2D eigenvalue weighted by atomic mass is 16.5. The molecule has 0 saturated carbocycles. The average molecular weight is 213 g/mol. The van der Waals surface area contributed by atoms with E-state index < -0.39 is 0 Å². The van der Waals surface area contributed by atoms with Gasteiger partial charge < -0.3 is 4.74 Å². The van der Waals surface area contributed by atoms with Crippen molar-refractivity contribution < 1.29 is 4.74 Å². The molecule has 90 valence electrons. The summed E-state index contributed by atoms with van der Waals surface area (Å²) >= 11 is 0. The molecule has 0 amide bonds. The summed E-state index contributed by atoms with van der Waals surface area (Å²) in [5, 5.41) is 0. The van der Waals surface area contributed by atoms with Crippen molar-refractivity contribution in [2.75, 3.05) is 6.54 Å². The van der Waals surface area contributed by atoms with Crippen LogP contribution in [0.25, 0.3) is 0 Å². The van der Waals surface area contributed by atoms with Crippen LogP contribution in [0.5, 0.6) is 0 Å². The Balaban J connectivity index is 3.03. The Morgan fingerprint density at radius 3 is 1.80 bits per heavy atom. The quantitative estimate of drug-likeness (QED) is 0.714. The molecule has 1 saturated heterocycles. The van der Waals surface area contributed by atoms with E-state index in [-0.39, 0.29) is 5.72 Å². The number of hydrogen-bond donors (Lipinski definition) is 0. The molecule has 0 aromatic heterocycles. The molecule has 1 heterocycles. The third kappa shape index (κ3) is 2.07. The molecule has 15 heavy (non-hydrogen) atoms. The summed E-state index contributed by atoms with van der Waals surface area (Å²) in [5.41, 5.74) is -0.0619. The van der Waals surface area contributed by atoms with Crippen molar-refractivity contribution in [3.63, 3.8) is 0 Å². The van der Waals surface area contributed by atoms with Gasteiger partial charge in [0.2, 0.25) is 0 Å². The van der Waals surface area contributed by atoms with Gasteiger partial charge in [-0.25, -0.2) is 0 Å². The predicted molar refractivity (Wildman–Crippen MR) is 64.8 cm³/mol. The zero-order valence-electron chi connectivity index (χ0n) is 11.4. The Morgan fingerprint density at radius 1 is 1.07 bits per heavy atom. The molecular formula is C13H27NO. The molecule has 0 N–H and O–H groups in total. The molecule has 0 radical (unpaired) electrons. The van der Waals surface area contributed by atoms with Gasteiger partial charge in [-0.1, -0.05) is 27.7 Å². The molecule has 1 fully saturated rings. The van der Waals surface area contributed by atoms with Crippen molar-refractivity contribution >= 4 is 0 Å². The van der Waals surface area contributed by atoms with E-state index in [1.165, 1.54) is 0 Å². The number of ether oxygens (including phenoxy) is 1. The molecule has 0 aromatic carbocycles. The van der Waals surface area contributed by atoms with Gasteiger partial charge >= 0.3 is 0 Å². The van der Waals surface area contributed by atoms with Gasteiger partial charge in [0.1, 0.15) is 5.72 Å². The fourth-order valence-electron chi connectivity index (χ4n) is 3.06. The molecule has 0 spiro atoms. The highest BCUT2D eigenvalue weighted by Gasteiger charge is 2.50. The summed E-state index contributed by atoms with van der Waals surface area (Å²) in [6.45, 7) is 16.9.